The molecule has 6 heteroatoms. The van der Waals surface area contributed by atoms with E-state index in [1.54, 1.807) is 18.4 Å². The van der Waals surface area contributed by atoms with Crippen molar-refractivity contribution in [3.05, 3.63) is 39.8 Å². The highest BCUT2D eigenvalue weighted by Crippen LogP contribution is 2.43. The van der Waals surface area contributed by atoms with Crippen LogP contribution in [-0.2, 0) is 12.8 Å². The largest absolute Gasteiger partial charge is 0.493 e. The van der Waals surface area contributed by atoms with E-state index in [4.69, 9.17) is 9.47 Å². The lowest BCUT2D eigenvalue weighted by Crippen LogP contribution is -2.38. The molecule has 2 N–H and O–H groups in total. The van der Waals surface area contributed by atoms with E-state index >= 15 is 0 Å². The zero-order valence-corrected chi connectivity index (χ0v) is 16.2. The standard InChI is InChI=1S/C20H24N2O3S/c1-4-25-14-8-6-12(10-15(14)24-3)18-21-19(23)17-13-7-5-11(2)9-16(13)26-20(17)22-18/h6,8,10-11,18,22H,4-5,7,9H2,1-3H3,(H,21,23)/t11-,18+/m1/s1. The molecule has 0 saturated carbocycles. The Morgan fingerprint density at radius 3 is 2.88 bits per heavy atom. The van der Waals surface area contributed by atoms with Gasteiger partial charge in [0.05, 0.1) is 19.3 Å². The third kappa shape index (κ3) is 2.92. The molecule has 1 aliphatic heterocycles. The lowest BCUT2D eigenvalue weighted by molar-refractivity contribution is 0.0935. The summed E-state index contributed by atoms with van der Waals surface area (Å²) < 4.78 is 11.0. The molecular weight excluding hydrogens is 348 g/mol. The molecule has 0 radical (unpaired) electrons. The Morgan fingerprint density at radius 1 is 1.27 bits per heavy atom. The van der Waals surface area contributed by atoms with Gasteiger partial charge in [0, 0.05) is 4.88 Å². The summed E-state index contributed by atoms with van der Waals surface area (Å²) in [5.41, 5.74) is 3.05. The van der Waals surface area contributed by atoms with Gasteiger partial charge in [-0.25, -0.2) is 0 Å². The van der Waals surface area contributed by atoms with E-state index in [9.17, 15) is 4.79 Å². The summed E-state index contributed by atoms with van der Waals surface area (Å²) in [6.45, 7) is 4.80. The fraction of sp³-hybridized carbons (Fsp3) is 0.450. The molecule has 26 heavy (non-hydrogen) atoms. The molecule has 4 rings (SSSR count). The van der Waals surface area contributed by atoms with Crippen LogP contribution in [0.15, 0.2) is 18.2 Å². The maximum absolute atomic E-state index is 12.8. The van der Waals surface area contributed by atoms with Crippen LogP contribution in [0.2, 0.25) is 0 Å². The fourth-order valence-corrected chi connectivity index (χ4v) is 5.20. The zero-order valence-electron chi connectivity index (χ0n) is 15.3. The SMILES string of the molecule is CCOc1ccc([C@H]2NC(=O)c3c(sc4c3CC[C@@H](C)C4)N2)cc1OC. The number of rotatable bonds is 4. The number of ether oxygens (including phenoxy) is 2. The number of thiophene rings is 1. The van der Waals surface area contributed by atoms with E-state index in [0.717, 1.165) is 35.4 Å². The van der Waals surface area contributed by atoms with E-state index in [1.807, 2.05) is 25.1 Å². The second-order valence-corrected chi connectivity index (χ2v) is 8.06. The van der Waals surface area contributed by atoms with Gasteiger partial charge in [-0.05, 0) is 55.4 Å². The summed E-state index contributed by atoms with van der Waals surface area (Å²) in [5, 5.41) is 7.60. The summed E-state index contributed by atoms with van der Waals surface area (Å²) in [5.74, 6) is 2.09. The predicted octanol–water partition coefficient (Wildman–Crippen LogP) is 4.13. The molecule has 138 valence electrons. The number of hydrogen-bond acceptors (Lipinski definition) is 5. The van der Waals surface area contributed by atoms with Crippen LogP contribution in [0.4, 0.5) is 5.00 Å². The minimum atomic E-state index is -0.267. The van der Waals surface area contributed by atoms with Gasteiger partial charge in [0.25, 0.3) is 5.91 Å². The van der Waals surface area contributed by atoms with Crippen LogP contribution in [-0.4, -0.2) is 19.6 Å². The van der Waals surface area contributed by atoms with Gasteiger partial charge in [0.2, 0.25) is 0 Å². The maximum atomic E-state index is 12.8. The number of benzene rings is 1. The highest BCUT2D eigenvalue weighted by molar-refractivity contribution is 7.16. The first kappa shape index (κ1) is 17.2. The van der Waals surface area contributed by atoms with Crippen LogP contribution >= 0.6 is 11.3 Å². The molecular formula is C20H24N2O3S. The minimum Gasteiger partial charge on any atom is -0.493 e. The Balaban J connectivity index is 1.64. The number of nitrogens with one attached hydrogen (secondary N) is 2. The Kier molecular flexibility index (Phi) is 4.53. The molecule has 2 aliphatic rings. The van der Waals surface area contributed by atoms with Crippen molar-refractivity contribution in [2.45, 2.75) is 39.3 Å². The van der Waals surface area contributed by atoms with Crippen LogP contribution in [0.5, 0.6) is 11.5 Å². The van der Waals surface area contributed by atoms with Crippen molar-refractivity contribution in [2.24, 2.45) is 5.92 Å². The van der Waals surface area contributed by atoms with Crippen LogP contribution in [0.1, 0.15) is 52.8 Å². The summed E-state index contributed by atoms with van der Waals surface area (Å²) in [7, 11) is 1.63. The van der Waals surface area contributed by atoms with Crippen LogP contribution < -0.4 is 20.1 Å². The van der Waals surface area contributed by atoms with E-state index in [0.29, 0.717) is 24.0 Å². The monoisotopic (exact) mass is 372 g/mol. The average molecular weight is 372 g/mol. The number of carbonyl (C=O) groups excluding carboxylic acids is 1. The molecule has 2 atom stereocenters. The van der Waals surface area contributed by atoms with Crippen LogP contribution in [0.3, 0.4) is 0 Å². The maximum Gasteiger partial charge on any atom is 0.256 e. The first-order valence-electron chi connectivity index (χ1n) is 9.13. The van der Waals surface area contributed by atoms with Gasteiger partial charge in [-0.15, -0.1) is 11.3 Å². The topological polar surface area (TPSA) is 59.6 Å². The molecule has 1 aliphatic carbocycles. The van der Waals surface area contributed by atoms with Crippen molar-refractivity contribution in [1.82, 2.24) is 5.32 Å². The summed E-state index contributed by atoms with van der Waals surface area (Å²) in [6.07, 6.45) is 2.96. The molecule has 1 aromatic heterocycles. The highest BCUT2D eigenvalue weighted by atomic mass is 32.1. The number of fused-ring (bicyclic) bond motifs is 3. The lowest BCUT2D eigenvalue weighted by Gasteiger charge is -2.27. The smallest absolute Gasteiger partial charge is 0.256 e. The predicted molar refractivity (Wildman–Crippen MR) is 104 cm³/mol. The Hall–Kier alpha value is -2.21. The second kappa shape index (κ2) is 6.83. The van der Waals surface area contributed by atoms with Gasteiger partial charge >= 0.3 is 0 Å². The molecule has 1 amide bonds. The Labute approximate surface area is 157 Å². The van der Waals surface area contributed by atoms with E-state index in [1.165, 1.54) is 10.4 Å². The third-order valence-corrected chi connectivity index (χ3v) is 6.30. The van der Waals surface area contributed by atoms with Crippen molar-refractivity contribution in [3.63, 3.8) is 0 Å². The van der Waals surface area contributed by atoms with Crippen molar-refractivity contribution >= 4 is 22.2 Å². The zero-order chi connectivity index (χ0) is 18.3. The van der Waals surface area contributed by atoms with E-state index in [-0.39, 0.29) is 12.1 Å². The van der Waals surface area contributed by atoms with Gasteiger partial charge in [-0.2, -0.15) is 0 Å². The summed E-state index contributed by atoms with van der Waals surface area (Å²) >= 11 is 1.74. The van der Waals surface area contributed by atoms with Gasteiger partial charge in [0.1, 0.15) is 11.2 Å². The van der Waals surface area contributed by atoms with Crippen LogP contribution in [0, 0.1) is 5.92 Å². The number of amides is 1. The minimum absolute atomic E-state index is 0.0173. The summed E-state index contributed by atoms with van der Waals surface area (Å²) in [4.78, 5) is 14.2. The van der Waals surface area contributed by atoms with E-state index in [2.05, 4.69) is 17.6 Å². The fourth-order valence-electron chi connectivity index (χ4n) is 3.77. The first-order valence-corrected chi connectivity index (χ1v) is 9.95. The van der Waals surface area contributed by atoms with Crippen molar-refractivity contribution < 1.29 is 14.3 Å². The van der Waals surface area contributed by atoms with Crippen molar-refractivity contribution in [2.75, 3.05) is 19.0 Å². The molecule has 2 aromatic rings. The number of carbonyl (C=O) groups is 1. The molecule has 2 heterocycles. The molecule has 0 fully saturated rings. The molecule has 5 nitrogen and oxygen atoms in total. The van der Waals surface area contributed by atoms with Gasteiger partial charge in [0.15, 0.2) is 11.5 Å². The number of methoxy groups -OCH3 is 1. The van der Waals surface area contributed by atoms with Crippen molar-refractivity contribution in [1.29, 1.82) is 0 Å². The quantitative estimate of drug-likeness (QED) is 0.847. The van der Waals surface area contributed by atoms with Crippen LogP contribution in [0.25, 0.3) is 0 Å². The average Bonchev–Trinajstić information content (AvgIpc) is 3.00. The third-order valence-electron chi connectivity index (χ3n) is 5.11. The van der Waals surface area contributed by atoms with Gasteiger partial charge in [-0.3, -0.25) is 4.79 Å². The molecule has 0 unspecified atom stereocenters. The first-order chi connectivity index (χ1) is 12.6. The van der Waals surface area contributed by atoms with E-state index < -0.39 is 0 Å². The number of hydrogen-bond donors (Lipinski definition) is 2. The van der Waals surface area contributed by atoms with Gasteiger partial charge in [-0.1, -0.05) is 13.0 Å². The van der Waals surface area contributed by atoms with Gasteiger partial charge < -0.3 is 20.1 Å². The highest BCUT2D eigenvalue weighted by Gasteiger charge is 2.33. The lowest BCUT2D eigenvalue weighted by atomic mass is 9.88. The Morgan fingerprint density at radius 2 is 2.12 bits per heavy atom. The summed E-state index contributed by atoms with van der Waals surface area (Å²) in [6, 6.07) is 5.78. The molecule has 0 bridgehead atoms. The molecule has 0 spiro atoms. The van der Waals surface area contributed by atoms with Crippen molar-refractivity contribution in [3.8, 4) is 11.5 Å². The normalized spacial score (nSPS) is 21.3. The number of anilines is 1. The Bertz CT molecular complexity index is 846. The molecule has 1 aromatic carbocycles. The molecule has 0 saturated heterocycles. The second-order valence-electron chi connectivity index (χ2n) is 6.95.